The summed E-state index contributed by atoms with van der Waals surface area (Å²) in [7, 11) is 0. The van der Waals surface area contributed by atoms with Gasteiger partial charge in [-0.2, -0.15) is 0 Å². The molecule has 0 bridgehead atoms. The van der Waals surface area contributed by atoms with Crippen molar-refractivity contribution in [2.75, 3.05) is 0 Å². The standard InChI is InChI=1S/C11H8N2O3/c14-9-3-4-10(11(6-9)13(15)16)8-2-1-5-12-7-8/h1-7,14H. The number of nitro groups is 1. The van der Waals surface area contributed by atoms with Crippen molar-refractivity contribution >= 4 is 5.69 Å². The van der Waals surface area contributed by atoms with Gasteiger partial charge in [0.05, 0.1) is 16.6 Å². The normalized spacial score (nSPS) is 10.0. The van der Waals surface area contributed by atoms with Crippen molar-refractivity contribution < 1.29 is 10.0 Å². The van der Waals surface area contributed by atoms with Crippen molar-refractivity contribution in [2.45, 2.75) is 0 Å². The van der Waals surface area contributed by atoms with Crippen LogP contribution in [0.15, 0.2) is 42.7 Å². The van der Waals surface area contributed by atoms with Crippen molar-refractivity contribution in [3.05, 3.63) is 52.8 Å². The predicted octanol–water partition coefficient (Wildman–Crippen LogP) is 2.36. The summed E-state index contributed by atoms with van der Waals surface area (Å²) in [4.78, 5) is 14.2. The summed E-state index contributed by atoms with van der Waals surface area (Å²) in [5.74, 6) is -0.126. The van der Waals surface area contributed by atoms with Crippen LogP contribution in [-0.2, 0) is 0 Å². The predicted molar refractivity (Wildman–Crippen MR) is 58.0 cm³/mol. The first-order valence-electron chi connectivity index (χ1n) is 4.56. The first-order chi connectivity index (χ1) is 7.68. The molecule has 0 spiro atoms. The number of hydrogen-bond acceptors (Lipinski definition) is 4. The Kier molecular flexibility index (Phi) is 2.51. The molecule has 1 heterocycles. The largest absolute Gasteiger partial charge is 0.508 e. The molecule has 0 aliphatic carbocycles. The molecule has 0 aliphatic rings. The van der Waals surface area contributed by atoms with Gasteiger partial charge in [-0.25, -0.2) is 0 Å². The zero-order chi connectivity index (χ0) is 11.5. The number of aromatic nitrogens is 1. The minimum atomic E-state index is -0.526. The van der Waals surface area contributed by atoms with Crippen LogP contribution in [0.4, 0.5) is 5.69 Å². The van der Waals surface area contributed by atoms with Crippen LogP contribution in [-0.4, -0.2) is 15.0 Å². The lowest BCUT2D eigenvalue weighted by atomic mass is 10.1. The molecule has 1 N–H and O–H groups in total. The lowest BCUT2D eigenvalue weighted by molar-refractivity contribution is -0.384. The monoisotopic (exact) mass is 216 g/mol. The average molecular weight is 216 g/mol. The molecule has 0 aliphatic heterocycles. The van der Waals surface area contributed by atoms with Gasteiger partial charge in [-0.05, 0) is 18.2 Å². The minimum absolute atomic E-state index is 0.126. The molecular formula is C11H8N2O3. The zero-order valence-corrected chi connectivity index (χ0v) is 8.20. The molecule has 0 amide bonds. The van der Waals surface area contributed by atoms with Crippen LogP contribution in [0, 0.1) is 10.1 Å². The molecule has 0 saturated carbocycles. The number of hydrogen-bond donors (Lipinski definition) is 1. The van der Waals surface area contributed by atoms with Crippen molar-refractivity contribution in [1.29, 1.82) is 0 Å². The van der Waals surface area contributed by atoms with Crippen LogP contribution in [0.5, 0.6) is 5.75 Å². The minimum Gasteiger partial charge on any atom is -0.508 e. The van der Waals surface area contributed by atoms with E-state index < -0.39 is 4.92 Å². The van der Waals surface area contributed by atoms with Crippen molar-refractivity contribution in [2.24, 2.45) is 0 Å². The Bertz CT molecular complexity index is 526. The zero-order valence-electron chi connectivity index (χ0n) is 8.20. The maximum Gasteiger partial charge on any atom is 0.280 e. The fourth-order valence-corrected chi connectivity index (χ4v) is 1.44. The quantitative estimate of drug-likeness (QED) is 0.617. The topological polar surface area (TPSA) is 76.3 Å². The second kappa shape index (κ2) is 3.98. The maximum atomic E-state index is 10.8. The number of phenols is 1. The second-order valence-electron chi connectivity index (χ2n) is 3.20. The fourth-order valence-electron chi connectivity index (χ4n) is 1.44. The number of aromatic hydroxyl groups is 1. The van der Waals surface area contributed by atoms with Gasteiger partial charge in [-0.3, -0.25) is 15.1 Å². The highest BCUT2D eigenvalue weighted by molar-refractivity contribution is 5.73. The van der Waals surface area contributed by atoms with E-state index in [-0.39, 0.29) is 11.4 Å². The van der Waals surface area contributed by atoms with Gasteiger partial charge in [0.1, 0.15) is 5.75 Å². The Hall–Kier alpha value is -2.43. The van der Waals surface area contributed by atoms with E-state index in [0.717, 1.165) is 6.07 Å². The summed E-state index contributed by atoms with van der Waals surface area (Å²) in [6.07, 6.45) is 3.13. The molecule has 5 heteroatoms. The van der Waals surface area contributed by atoms with Gasteiger partial charge in [0.2, 0.25) is 0 Å². The summed E-state index contributed by atoms with van der Waals surface area (Å²) in [5, 5.41) is 20.0. The Balaban J connectivity index is 2.61. The van der Waals surface area contributed by atoms with E-state index in [1.807, 2.05) is 0 Å². The molecule has 80 valence electrons. The first-order valence-corrected chi connectivity index (χ1v) is 4.56. The highest BCUT2D eigenvalue weighted by Gasteiger charge is 2.15. The van der Waals surface area contributed by atoms with E-state index in [1.165, 1.54) is 12.1 Å². The summed E-state index contributed by atoms with van der Waals surface area (Å²) in [6, 6.07) is 7.47. The highest BCUT2D eigenvalue weighted by atomic mass is 16.6. The molecule has 0 unspecified atom stereocenters. The Morgan fingerprint density at radius 3 is 2.75 bits per heavy atom. The van der Waals surface area contributed by atoms with Gasteiger partial charge in [-0.1, -0.05) is 6.07 Å². The van der Waals surface area contributed by atoms with E-state index in [9.17, 15) is 15.2 Å². The summed E-state index contributed by atoms with van der Waals surface area (Å²) in [5.41, 5.74) is 0.957. The van der Waals surface area contributed by atoms with Crippen LogP contribution >= 0.6 is 0 Å². The van der Waals surface area contributed by atoms with Gasteiger partial charge in [0.15, 0.2) is 0 Å². The average Bonchev–Trinajstić information content (AvgIpc) is 2.30. The van der Waals surface area contributed by atoms with E-state index in [0.29, 0.717) is 11.1 Å². The Morgan fingerprint density at radius 1 is 1.31 bits per heavy atom. The molecule has 0 radical (unpaired) electrons. The van der Waals surface area contributed by atoms with Gasteiger partial charge in [-0.15, -0.1) is 0 Å². The number of rotatable bonds is 2. The van der Waals surface area contributed by atoms with Crippen LogP contribution in [0.3, 0.4) is 0 Å². The fraction of sp³-hybridized carbons (Fsp3) is 0. The van der Waals surface area contributed by atoms with Crippen LogP contribution in [0.1, 0.15) is 0 Å². The Morgan fingerprint density at radius 2 is 2.12 bits per heavy atom. The second-order valence-corrected chi connectivity index (χ2v) is 3.20. The third-order valence-corrected chi connectivity index (χ3v) is 2.15. The van der Waals surface area contributed by atoms with Crippen molar-refractivity contribution in [1.82, 2.24) is 4.98 Å². The van der Waals surface area contributed by atoms with E-state index >= 15 is 0 Å². The van der Waals surface area contributed by atoms with Crippen LogP contribution < -0.4 is 0 Å². The molecule has 0 saturated heterocycles. The summed E-state index contributed by atoms with van der Waals surface area (Å²) in [6.45, 7) is 0. The van der Waals surface area contributed by atoms with Gasteiger partial charge >= 0.3 is 0 Å². The summed E-state index contributed by atoms with van der Waals surface area (Å²) >= 11 is 0. The number of nitro benzene ring substituents is 1. The van der Waals surface area contributed by atoms with E-state index in [1.54, 1.807) is 24.5 Å². The Labute approximate surface area is 91.2 Å². The summed E-state index contributed by atoms with van der Waals surface area (Å²) < 4.78 is 0. The van der Waals surface area contributed by atoms with Crippen LogP contribution in [0.25, 0.3) is 11.1 Å². The third-order valence-electron chi connectivity index (χ3n) is 2.15. The van der Waals surface area contributed by atoms with Crippen molar-refractivity contribution in [3.8, 4) is 16.9 Å². The van der Waals surface area contributed by atoms with E-state index in [2.05, 4.69) is 4.98 Å². The maximum absolute atomic E-state index is 10.8. The highest BCUT2D eigenvalue weighted by Crippen LogP contribution is 2.31. The number of nitrogens with zero attached hydrogens (tertiary/aromatic N) is 2. The number of benzene rings is 1. The SMILES string of the molecule is O=[N+]([O-])c1cc(O)ccc1-c1cccnc1. The first kappa shape index (κ1) is 10.1. The lowest BCUT2D eigenvalue weighted by Gasteiger charge is -2.02. The molecule has 0 atom stereocenters. The molecule has 16 heavy (non-hydrogen) atoms. The smallest absolute Gasteiger partial charge is 0.280 e. The lowest BCUT2D eigenvalue weighted by Crippen LogP contribution is -1.91. The molecule has 0 fully saturated rings. The molecule has 5 nitrogen and oxygen atoms in total. The molecule has 1 aromatic carbocycles. The molecule has 2 aromatic rings. The van der Waals surface area contributed by atoms with Gasteiger partial charge in [0.25, 0.3) is 5.69 Å². The number of pyridine rings is 1. The number of phenolic OH excluding ortho intramolecular Hbond substituents is 1. The van der Waals surface area contributed by atoms with Gasteiger partial charge in [0, 0.05) is 18.0 Å². The van der Waals surface area contributed by atoms with Gasteiger partial charge < -0.3 is 5.11 Å². The molecule has 2 rings (SSSR count). The van der Waals surface area contributed by atoms with Crippen LogP contribution in [0.2, 0.25) is 0 Å². The third kappa shape index (κ3) is 1.83. The van der Waals surface area contributed by atoms with E-state index in [4.69, 9.17) is 0 Å². The van der Waals surface area contributed by atoms with Crippen molar-refractivity contribution in [3.63, 3.8) is 0 Å². The molecule has 1 aromatic heterocycles. The molecular weight excluding hydrogens is 208 g/mol.